The summed E-state index contributed by atoms with van der Waals surface area (Å²) >= 11 is 3.32. The fourth-order valence-corrected chi connectivity index (χ4v) is 4.52. The summed E-state index contributed by atoms with van der Waals surface area (Å²) in [7, 11) is -2.38. The van der Waals surface area contributed by atoms with Crippen LogP contribution in [0.4, 0.5) is 5.69 Å². The molecule has 0 fully saturated rings. The van der Waals surface area contributed by atoms with Gasteiger partial charge in [-0.25, -0.2) is 13.1 Å². The van der Waals surface area contributed by atoms with Crippen LogP contribution in [0, 0.1) is 0 Å². The molecule has 0 aliphatic heterocycles. The van der Waals surface area contributed by atoms with Crippen molar-refractivity contribution in [3.05, 3.63) is 52.6 Å². The number of amides is 1. The summed E-state index contributed by atoms with van der Waals surface area (Å²) < 4.78 is 34.0. The number of rotatable bonds is 8. The Labute approximate surface area is 170 Å². The Morgan fingerprint density at radius 1 is 1.18 bits per heavy atom. The van der Waals surface area contributed by atoms with Crippen LogP contribution in [-0.4, -0.2) is 39.5 Å². The molecule has 1 amide bonds. The normalized spacial score (nSPS) is 11.5. The number of fused-ring (bicyclic) bond motifs is 1. The molecule has 1 aromatic heterocycles. The maximum absolute atomic E-state index is 12.8. The van der Waals surface area contributed by atoms with Crippen LogP contribution < -0.4 is 20.5 Å². The van der Waals surface area contributed by atoms with Crippen molar-refractivity contribution in [3.8, 4) is 5.75 Å². The number of hydrogen-bond acceptors (Lipinski definition) is 5. The molecule has 10 heteroatoms. The number of methoxy groups -OCH3 is 1. The third-order valence-electron chi connectivity index (χ3n) is 4.06. The first-order chi connectivity index (χ1) is 13.3. The van der Waals surface area contributed by atoms with E-state index in [1.165, 1.54) is 0 Å². The Kier molecular flexibility index (Phi) is 5.92. The van der Waals surface area contributed by atoms with E-state index < -0.39 is 15.9 Å². The highest BCUT2D eigenvalue weighted by molar-refractivity contribution is 9.10. The van der Waals surface area contributed by atoms with Gasteiger partial charge in [-0.3, -0.25) is 4.79 Å². The number of carbonyl (C=O) groups is 1. The second-order valence-corrected chi connectivity index (χ2v) is 8.56. The number of hydrogen-bond donors (Lipinski definition) is 4. The van der Waals surface area contributed by atoms with E-state index in [0.717, 1.165) is 11.4 Å². The molecule has 0 saturated carbocycles. The van der Waals surface area contributed by atoms with E-state index >= 15 is 0 Å². The second-order valence-electron chi connectivity index (χ2n) is 5.94. The molecular formula is C18H19BrN4O4S. The van der Waals surface area contributed by atoms with Crippen LogP contribution >= 0.6 is 15.9 Å². The Bertz CT molecular complexity index is 1110. The lowest BCUT2D eigenvalue weighted by Gasteiger charge is -2.10. The summed E-state index contributed by atoms with van der Waals surface area (Å²) in [5, 5.41) is 3.50. The molecule has 0 bridgehead atoms. The maximum atomic E-state index is 12.8. The molecule has 2 aromatic carbocycles. The van der Waals surface area contributed by atoms with Crippen LogP contribution in [0.2, 0.25) is 0 Å². The number of nitrogens with one attached hydrogen (secondary N) is 3. The molecule has 0 radical (unpaired) electrons. The standard InChI is InChI=1S/C18H19BrN4O4S/c1-27-13-5-3-12(4-6-13)21-8-9-22-28(25,26)17-14-10-11(19)2-7-15(14)23-16(17)18(20)24/h2-7,10,21-23H,8-9H2,1H3,(H2,20,24). The van der Waals surface area contributed by atoms with Gasteiger partial charge in [-0.1, -0.05) is 15.9 Å². The Hall–Kier alpha value is -2.56. The van der Waals surface area contributed by atoms with Crippen molar-refractivity contribution >= 4 is 48.5 Å². The summed E-state index contributed by atoms with van der Waals surface area (Å²) in [5.41, 5.74) is 6.56. The average Bonchev–Trinajstić information content (AvgIpc) is 3.05. The lowest BCUT2D eigenvalue weighted by molar-refractivity contribution is 0.0993. The van der Waals surface area contributed by atoms with Gasteiger partial charge in [0, 0.05) is 34.2 Å². The minimum atomic E-state index is -3.96. The number of benzene rings is 2. The van der Waals surface area contributed by atoms with E-state index in [-0.39, 0.29) is 17.1 Å². The van der Waals surface area contributed by atoms with Crippen molar-refractivity contribution in [2.75, 3.05) is 25.5 Å². The summed E-state index contributed by atoms with van der Waals surface area (Å²) in [6.07, 6.45) is 0. The largest absolute Gasteiger partial charge is 0.497 e. The first-order valence-corrected chi connectivity index (χ1v) is 10.6. The summed E-state index contributed by atoms with van der Waals surface area (Å²) in [6.45, 7) is 0.469. The van der Waals surface area contributed by atoms with Gasteiger partial charge in [0.2, 0.25) is 10.0 Å². The zero-order valence-corrected chi connectivity index (χ0v) is 17.4. The van der Waals surface area contributed by atoms with Crippen LogP contribution in [0.1, 0.15) is 10.5 Å². The van der Waals surface area contributed by atoms with E-state index in [2.05, 4.69) is 31.0 Å². The quantitative estimate of drug-likeness (QED) is 0.379. The Morgan fingerprint density at radius 3 is 2.54 bits per heavy atom. The van der Waals surface area contributed by atoms with E-state index in [4.69, 9.17) is 10.5 Å². The zero-order valence-electron chi connectivity index (χ0n) is 15.0. The van der Waals surface area contributed by atoms with Gasteiger partial charge in [0.05, 0.1) is 7.11 Å². The third kappa shape index (κ3) is 4.29. The zero-order chi connectivity index (χ0) is 20.3. The predicted octanol–water partition coefficient (Wildman–Crippen LogP) is 2.43. The highest BCUT2D eigenvalue weighted by atomic mass is 79.9. The molecule has 28 heavy (non-hydrogen) atoms. The summed E-state index contributed by atoms with van der Waals surface area (Å²) in [4.78, 5) is 14.4. The molecular weight excluding hydrogens is 448 g/mol. The second kappa shape index (κ2) is 8.21. The average molecular weight is 467 g/mol. The number of anilines is 1. The number of ether oxygens (including phenoxy) is 1. The van der Waals surface area contributed by atoms with Gasteiger partial charge in [-0.05, 0) is 42.5 Å². The number of primary amides is 1. The highest BCUT2D eigenvalue weighted by Crippen LogP contribution is 2.29. The van der Waals surface area contributed by atoms with Gasteiger partial charge < -0.3 is 20.8 Å². The molecule has 8 nitrogen and oxygen atoms in total. The number of halogens is 1. The summed E-state index contributed by atoms with van der Waals surface area (Å²) in [6, 6.07) is 12.3. The fraction of sp³-hybridized carbons (Fsp3) is 0.167. The van der Waals surface area contributed by atoms with Crippen LogP contribution in [-0.2, 0) is 10.0 Å². The van der Waals surface area contributed by atoms with Crippen molar-refractivity contribution < 1.29 is 17.9 Å². The maximum Gasteiger partial charge on any atom is 0.266 e. The lowest BCUT2D eigenvalue weighted by atomic mass is 10.2. The van der Waals surface area contributed by atoms with Gasteiger partial charge in [-0.15, -0.1) is 0 Å². The number of aromatic amines is 1. The molecule has 0 unspecified atom stereocenters. The fourth-order valence-electron chi connectivity index (χ4n) is 2.77. The van der Waals surface area contributed by atoms with Crippen LogP contribution in [0.25, 0.3) is 10.9 Å². The van der Waals surface area contributed by atoms with Crippen molar-refractivity contribution in [1.82, 2.24) is 9.71 Å². The van der Waals surface area contributed by atoms with Gasteiger partial charge in [0.25, 0.3) is 5.91 Å². The van der Waals surface area contributed by atoms with Crippen molar-refractivity contribution in [1.29, 1.82) is 0 Å². The molecule has 3 aromatic rings. The minimum Gasteiger partial charge on any atom is -0.497 e. The number of nitrogens with two attached hydrogens (primary N) is 1. The van der Waals surface area contributed by atoms with Gasteiger partial charge in [-0.2, -0.15) is 0 Å². The minimum absolute atomic E-state index is 0.118. The first kappa shape index (κ1) is 20.2. The number of sulfonamides is 1. The first-order valence-electron chi connectivity index (χ1n) is 8.30. The smallest absolute Gasteiger partial charge is 0.266 e. The molecule has 0 atom stereocenters. The van der Waals surface area contributed by atoms with E-state index in [0.29, 0.717) is 21.9 Å². The van der Waals surface area contributed by atoms with Gasteiger partial charge in [0.1, 0.15) is 16.3 Å². The predicted molar refractivity (Wildman–Crippen MR) is 111 cm³/mol. The van der Waals surface area contributed by atoms with Crippen LogP contribution in [0.5, 0.6) is 5.75 Å². The topological polar surface area (TPSA) is 126 Å². The molecule has 1 heterocycles. The lowest BCUT2D eigenvalue weighted by Crippen LogP contribution is -2.30. The molecule has 148 valence electrons. The number of carbonyl (C=O) groups excluding carboxylic acids is 1. The Balaban J connectivity index is 1.76. The Morgan fingerprint density at radius 2 is 1.89 bits per heavy atom. The third-order valence-corrected chi connectivity index (χ3v) is 6.10. The van der Waals surface area contributed by atoms with Crippen LogP contribution in [0.3, 0.4) is 0 Å². The van der Waals surface area contributed by atoms with Crippen molar-refractivity contribution in [2.45, 2.75) is 4.90 Å². The SMILES string of the molecule is COc1ccc(NCCNS(=O)(=O)c2c(C(N)=O)[nH]c3ccc(Br)cc23)cc1. The van der Waals surface area contributed by atoms with Crippen molar-refractivity contribution in [2.24, 2.45) is 5.73 Å². The molecule has 3 rings (SSSR count). The molecule has 0 spiro atoms. The highest BCUT2D eigenvalue weighted by Gasteiger charge is 2.26. The van der Waals surface area contributed by atoms with E-state index in [9.17, 15) is 13.2 Å². The van der Waals surface area contributed by atoms with E-state index in [1.54, 1.807) is 37.4 Å². The number of H-pyrrole nitrogens is 1. The molecule has 0 aliphatic carbocycles. The van der Waals surface area contributed by atoms with E-state index in [1.807, 2.05) is 12.1 Å². The van der Waals surface area contributed by atoms with Gasteiger partial charge >= 0.3 is 0 Å². The molecule has 5 N–H and O–H groups in total. The number of aromatic nitrogens is 1. The molecule has 0 aliphatic rings. The molecule has 0 saturated heterocycles. The van der Waals surface area contributed by atoms with Crippen molar-refractivity contribution in [3.63, 3.8) is 0 Å². The monoisotopic (exact) mass is 466 g/mol. The van der Waals surface area contributed by atoms with Crippen LogP contribution in [0.15, 0.2) is 51.8 Å². The summed E-state index contributed by atoms with van der Waals surface area (Å²) in [5.74, 6) is -0.111. The van der Waals surface area contributed by atoms with Gasteiger partial charge in [0.15, 0.2) is 0 Å².